The molecule has 1 fully saturated rings. The van der Waals surface area contributed by atoms with Crippen LogP contribution in [0.1, 0.15) is 12.8 Å². The Morgan fingerprint density at radius 1 is 1.14 bits per heavy atom. The normalized spacial score (nSPS) is 19.6. The lowest BCUT2D eigenvalue weighted by molar-refractivity contribution is -0.142. The highest BCUT2D eigenvalue weighted by molar-refractivity contribution is 7.17. The van der Waals surface area contributed by atoms with E-state index >= 15 is 0 Å². The Morgan fingerprint density at radius 2 is 1.96 bits per heavy atom. The van der Waals surface area contributed by atoms with Crippen LogP contribution >= 0.6 is 11.3 Å². The quantitative estimate of drug-likeness (QED) is 0.735. The molecule has 0 aliphatic carbocycles. The van der Waals surface area contributed by atoms with Crippen molar-refractivity contribution in [3.8, 4) is 11.5 Å². The average molecular weight is 395 g/mol. The number of fused-ring (bicyclic) bond motifs is 2. The van der Waals surface area contributed by atoms with E-state index in [0.717, 1.165) is 37.1 Å². The number of para-hydroxylation sites is 2. The summed E-state index contributed by atoms with van der Waals surface area (Å²) in [6, 6.07) is 11.9. The van der Waals surface area contributed by atoms with Crippen LogP contribution in [0.25, 0.3) is 10.2 Å². The molecule has 28 heavy (non-hydrogen) atoms. The van der Waals surface area contributed by atoms with Gasteiger partial charge in [-0.2, -0.15) is 0 Å². The van der Waals surface area contributed by atoms with E-state index in [0.29, 0.717) is 17.5 Å². The third-order valence-corrected chi connectivity index (χ3v) is 6.23. The van der Waals surface area contributed by atoms with Crippen LogP contribution in [0.5, 0.6) is 11.5 Å². The number of amides is 1. The van der Waals surface area contributed by atoms with Gasteiger partial charge in [0.2, 0.25) is 6.10 Å². The molecule has 4 heterocycles. The van der Waals surface area contributed by atoms with E-state index in [1.165, 1.54) is 4.70 Å². The van der Waals surface area contributed by atoms with Crippen molar-refractivity contribution in [2.45, 2.75) is 25.0 Å². The maximum Gasteiger partial charge on any atom is 0.267 e. The Bertz CT molecular complexity index is 997. The summed E-state index contributed by atoms with van der Waals surface area (Å²) in [6.07, 6.45) is 3.09. The van der Waals surface area contributed by atoms with E-state index in [2.05, 4.69) is 15.7 Å². The van der Waals surface area contributed by atoms with E-state index in [1.54, 1.807) is 11.3 Å². The van der Waals surface area contributed by atoms with E-state index in [9.17, 15) is 4.79 Å². The first-order chi connectivity index (χ1) is 13.8. The molecule has 1 amide bonds. The molecule has 2 aliphatic heterocycles. The lowest BCUT2D eigenvalue weighted by Gasteiger charge is -2.36. The fourth-order valence-electron chi connectivity index (χ4n) is 3.80. The van der Waals surface area contributed by atoms with Gasteiger partial charge in [-0.3, -0.25) is 9.78 Å². The van der Waals surface area contributed by atoms with Crippen molar-refractivity contribution in [3.63, 3.8) is 0 Å². The van der Waals surface area contributed by atoms with Crippen LogP contribution in [-0.2, 0) is 4.79 Å². The zero-order valence-corrected chi connectivity index (χ0v) is 16.2. The lowest BCUT2D eigenvalue weighted by Crippen LogP contribution is -2.50. The number of carbonyl (C=O) groups is 1. The summed E-state index contributed by atoms with van der Waals surface area (Å²) in [4.78, 5) is 19.1. The second-order valence-electron chi connectivity index (χ2n) is 7.10. The van der Waals surface area contributed by atoms with E-state index < -0.39 is 6.10 Å². The maximum atomic E-state index is 12.9. The number of hydrogen-bond acceptors (Lipinski definition) is 6. The summed E-state index contributed by atoms with van der Waals surface area (Å²) >= 11 is 1.70. The molecule has 3 aromatic rings. The van der Waals surface area contributed by atoms with Crippen molar-refractivity contribution < 1.29 is 14.3 Å². The Morgan fingerprint density at radius 3 is 2.82 bits per heavy atom. The fourth-order valence-corrected chi connectivity index (χ4v) is 4.62. The number of likely N-dealkylation sites (tertiary alicyclic amines) is 1. The molecule has 6 nitrogen and oxygen atoms in total. The zero-order chi connectivity index (χ0) is 18.9. The largest absolute Gasteiger partial charge is 0.485 e. The summed E-state index contributed by atoms with van der Waals surface area (Å²) < 4.78 is 12.8. The summed E-state index contributed by atoms with van der Waals surface area (Å²) in [7, 11) is 0. The first-order valence-corrected chi connectivity index (χ1v) is 10.4. The van der Waals surface area contributed by atoms with Crippen molar-refractivity contribution in [2.75, 3.05) is 25.0 Å². The molecule has 1 unspecified atom stereocenters. The number of carbonyl (C=O) groups excluding carboxylic acids is 1. The van der Waals surface area contributed by atoms with Crippen LogP contribution in [0.2, 0.25) is 0 Å². The van der Waals surface area contributed by atoms with Gasteiger partial charge in [0.25, 0.3) is 5.91 Å². The molecule has 0 bridgehead atoms. The van der Waals surface area contributed by atoms with Gasteiger partial charge in [-0.05, 0) is 42.5 Å². The lowest BCUT2D eigenvalue weighted by atomic mass is 10.0. The van der Waals surface area contributed by atoms with Gasteiger partial charge in [0.1, 0.15) is 6.61 Å². The second-order valence-corrected chi connectivity index (χ2v) is 8.02. The highest BCUT2D eigenvalue weighted by Gasteiger charge is 2.33. The number of thiophene rings is 1. The van der Waals surface area contributed by atoms with Crippen LogP contribution in [-0.4, -0.2) is 47.6 Å². The first-order valence-electron chi connectivity index (χ1n) is 9.54. The Balaban J connectivity index is 1.19. The number of ether oxygens (including phenoxy) is 2. The van der Waals surface area contributed by atoms with Crippen molar-refractivity contribution in [1.82, 2.24) is 9.88 Å². The number of piperidine rings is 1. The summed E-state index contributed by atoms with van der Waals surface area (Å²) in [5, 5.41) is 5.70. The molecular formula is C21H21N3O3S. The first kappa shape index (κ1) is 17.3. The van der Waals surface area contributed by atoms with Crippen molar-refractivity contribution in [1.29, 1.82) is 0 Å². The van der Waals surface area contributed by atoms with Gasteiger partial charge in [-0.1, -0.05) is 12.1 Å². The van der Waals surface area contributed by atoms with E-state index in [4.69, 9.17) is 9.47 Å². The molecule has 1 N–H and O–H groups in total. The summed E-state index contributed by atoms with van der Waals surface area (Å²) in [5.41, 5.74) is 2.16. The molecule has 5 rings (SSSR count). The van der Waals surface area contributed by atoms with Gasteiger partial charge in [0, 0.05) is 25.3 Å². The Kier molecular flexibility index (Phi) is 4.52. The van der Waals surface area contributed by atoms with Crippen LogP contribution in [0.15, 0.2) is 48.0 Å². The van der Waals surface area contributed by atoms with Gasteiger partial charge in [0.15, 0.2) is 11.5 Å². The molecule has 2 aromatic heterocycles. The van der Waals surface area contributed by atoms with Gasteiger partial charge >= 0.3 is 0 Å². The molecule has 0 saturated carbocycles. The van der Waals surface area contributed by atoms with Gasteiger partial charge < -0.3 is 19.7 Å². The highest BCUT2D eigenvalue weighted by atomic mass is 32.1. The third kappa shape index (κ3) is 3.26. The minimum atomic E-state index is -0.564. The number of nitrogens with zero attached hydrogens (tertiary/aromatic N) is 2. The van der Waals surface area contributed by atoms with Crippen LogP contribution in [0, 0.1) is 0 Å². The fraction of sp³-hybridized carbons (Fsp3) is 0.333. The van der Waals surface area contributed by atoms with Crippen LogP contribution < -0.4 is 14.8 Å². The van der Waals surface area contributed by atoms with Crippen molar-refractivity contribution >= 4 is 33.1 Å². The number of hydrogen-bond donors (Lipinski definition) is 1. The molecule has 0 spiro atoms. The number of anilines is 1. The van der Waals surface area contributed by atoms with Gasteiger partial charge in [-0.25, -0.2) is 0 Å². The monoisotopic (exact) mass is 395 g/mol. The van der Waals surface area contributed by atoms with Crippen molar-refractivity contribution in [2.24, 2.45) is 0 Å². The van der Waals surface area contributed by atoms with Crippen LogP contribution in [0.3, 0.4) is 0 Å². The van der Waals surface area contributed by atoms with Crippen LogP contribution in [0.4, 0.5) is 5.69 Å². The topological polar surface area (TPSA) is 63.7 Å². The molecular weight excluding hydrogens is 374 g/mol. The molecule has 0 radical (unpaired) electrons. The molecule has 7 heteroatoms. The maximum absolute atomic E-state index is 12.9. The molecule has 1 saturated heterocycles. The standard InChI is InChI=1S/C21H21N3O3S/c25-21(19-13-26-17-3-1-2-4-18(17)27-19)24-10-6-14(7-11-24)23-16-5-9-22-15-8-12-28-20(15)16/h1-5,8-9,12,14,19H,6-7,10-11,13H2,(H,22,23). The average Bonchev–Trinajstić information content (AvgIpc) is 3.23. The predicted octanol–water partition coefficient (Wildman–Crippen LogP) is 3.54. The SMILES string of the molecule is O=C(C1COc2ccccc2O1)N1CCC(Nc2ccnc3ccsc23)CC1. The highest BCUT2D eigenvalue weighted by Crippen LogP contribution is 2.32. The summed E-state index contributed by atoms with van der Waals surface area (Å²) in [5.74, 6) is 1.35. The Hall–Kier alpha value is -2.80. The van der Waals surface area contributed by atoms with E-state index in [1.807, 2.05) is 47.5 Å². The van der Waals surface area contributed by atoms with Gasteiger partial charge in [-0.15, -0.1) is 11.3 Å². The molecule has 1 atom stereocenters. The minimum absolute atomic E-state index is 0.0116. The molecule has 1 aromatic carbocycles. The van der Waals surface area contributed by atoms with Crippen molar-refractivity contribution in [3.05, 3.63) is 48.0 Å². The van der Waals surface area contributed by atoms with Gasteiger partial charge in [0.05, 0.1) is 15.9 Å². The Labute approximate surface area is 167 Å². The predicted molar refractivity (Wildman–Crippen MR) is 109 cm³/mol. The number of aromatic nitrogens is 1. The number of benzene rings is 1. The summed E-state index contributed by atoms with van der Waals surface area (Å²) in [6.45, 7) is 1.70. The molecule has 144 valence electrons. The minimum Gasteiger partial charge on any atom is -0.485 e. The zero-order valence-electron chi connectivity index (χ0n) is 15.3. The third-order valence-electron chi connectivity index (χ3n) is 5.29. The van der Waals surface area contributed by atoms with E-state index in [-0.39, 0.29) is 12.5 Å². The second kappa shape index (κ2) is 7.31. The smallest absolute Gasteiger partial charge is 0.267 e. The molecule has 2 aliphatic rings. The number of nitrogens with one attached hydrogen (secondary N) is 1. The number of rotatable bonds is 3. The number of pyridine rings is 1.